The van der Waals surface area contributed by atoms with Crippen LogP contribution >= 0.6 is 0 Å². The monoisotopic (exact) mass is 176 g/mol. The lowest BCUT2D eigenvalue weighted by Gasteiger charge is -2.16. The molecule has 0 aromatic heterocycles. The first-order valence-corrected chi connectivity index (χ1v) is 7.94. The van der Waals surface area contributed by atoms with E-state index < -0.39 is 0 Å². The molecule has 2 unspecified atom stereocenters. The molecule has 0 fully saturated rings. The smallest absolute Gasteiger partial charge is 0.00666 e. The highest BCUT2D eigenvalue weighted by Gasteiger charge is 2.07. The van der Waals surface area contributed by atoms with Gasteiger partial charge in [0, 0.05) is 30.7 Å². The summed E-state index contributed by atoms with van der Waals surface area (Å²) in [4.78, 5) is 0. The summed E-state index contributed by atoms with van der Waals surface area (Å²) in [6.07, 6.45) is 2.93. The van der Waals surface area contributed by atoms with Crippen molar-refractivity contribution < 1.29 is 0 Å². The summed E-state index contributed by atoms with van der Waals surface area (Å²) in [5, 5.41) is 0. The molecule has 56 valence electrons. The molecule has 0 nitrogen and oxygen atoms in total. The molecule has 2 atom stereocenters. The molecule has 0 radical (unpaired) electrons. The maximum Gasteiger partial charge on any atom is 0.00666 e. The van der Waals surface area contributed by atoms with Crippen molar-refractivity contribution in [3.8, 4) is 0 Å². The molecule has 0 N–H and O–H groups in total. The van der Waals surface area contributed by atoms with Crippen molar-refractivity contribution in [1.29, 1.82) is 0 Å². The SMILES string of the molecule is CCCC([SiH3])C([SiH3])C[SiH3]. The van der Waals surface area contributed by atoms with E-state index in [9.17, 15) is 0 Å². The zero-order valence-corrected chi connectivity index (χ0v) is 13.3. The van der Waals surface area contributed by atoms with Crippen LogP contribution in [0.1, 0.15) is 19.8 Å². The summed E-state index contributed by atoms with van der Waals surface area (Å²) >= 11 is 0. The van der Waals surface area contributed by atoms with Gasteiger partial charge in [-0.2, -0.15) is 0 Å². The first-order chi connectivity index (χ1) is 4.22. The van der Waals surface area contributed by atoms with Gasteiger partial charge in [-0.15, -0.1) is 0 Å². The summed E-state index contributed by atoms with van der Waals surface area (Å²) < 4.78 is 0. The van der Waals surface area contributed by atoms with Gasteiger partial charge in [0.1, 0.15) is 0 Å². The molecule has 0 aromatic carbocycles. The average Bonchev–Trinajstić information content (AvgIpc) is 1.87. The van der Waals surface area contributed by atoms with Crippen LogP contribution in [-0.4, -0.2) is 30.7 Å². The fourth-order valence-electron chi connectivity index (χ4n) is 1.14. The number of hydrogen-bond acceptors (Lipinski definition) is 0. The zero-order chi connectivity index (χ0) is 7.28. The van der Waals surface area contributed by atoms with Gasteiger partial charge in [-0.25, -0.2) is 0 Å². The Morgan fingerprint density at radius 2 is 1.78 bits per heavy atom. The van der Waals surface area contributed by atoms with E-state index in [1.807, 2.05) is 0 Å². The predicted molar refractivity (Wildman–Crippen MR) is 57.0 cm³/mol. The minimum Gasteiger partial charge on any atom is -0.0662 e. The zero-order valence-electron chi connectivity index (χ0n) is 7.28. The Balaban J connectivity index is 3.32. The van der Waals surface area contributed by atoms with Crippen molar-refractivity contribution in [2.75, 3.05) is 0 Å². The van der Waals surface area contributed by atoms with Crippen LogP contribution in [0.25, 0.3) is 0 Å². The van der Waals surface area contributed by atoms with E-state index in [0.29, 0.717) is 0 Å². The minimum absolute atomic E-state index is 1.17. The van der Waals surface area contributed by atoms with Crippen molar-refractivity contribution in [3.63, 3.8) is 0 Å². The van der Waals surface area contributed by atoms with Gasteiger partial charge in [0.05, 0.1) is 0 Å². The third kappa shape index (κ3) is 4.11. The Morgan fingerprint density at radius 1 is 1.22 bits per heavy atom. The summed E-state index contributed by atoms with van der Waals surface area (Å²) in [6, 6.07) is 1.57. The van der Waals surface area contributed by atoms with Crippen molar-refractivity contribution in [3.05, 3.63) is 0 Å². The van der Waals surface area contributed by atoms with E-state index in [1.165, 1.54) is 54.7 Å². The second-order valence-electron chi connectivity index (χ2n) is 3.15. The highest BCUT2D eigenvalue weighted by molar-refractivity contribution is 6.24. The first kappa shape index (κ1) is 9.65. The first-order valence-electron chi connectivity index (χ1n) is 4.22. The highest BCUT2D eigenvalue weighted by atomic mass is 28.2. The lowest BCUT2D eigenvalue weighted by atomic mass is 10.2. The van der Waals surface area contributed by atoms with Crippen LogP contribution in [-0.2, 0) is 0 Å². The second kappa shape index (κ2) is 5.44. The maximum absolute atomic E-state index is 2.31. The molecule has 0 spiro atoms. The molecular weight excluding hydrogens is 156 g/mol. The van der Waals surface area contributed by atoms with Crippen LogP contribution < -0.4 is 0 Å². The Labute approximate surface area is 68.1 Å². The molecule has 3 heteroatoms. The van der Waals surface area contributed by atoms with E-state index in [-0.39, 0.29) is 0 Å². The molecule has 9 heavy (non-hydrogen) atoms. The molecule has 0 aromatic rings. The second-order valence-corrected chi connectivity index (χ2v) is 6.93. The Hall–Kier alpha value is 0.651. The minimum atomic E-state index is 1.17. The van der Waals surface area contributed by atoms with E-state index in [1.54, 1.807) is 6.04 Å². The number of hydrogen-bond donors (Lipinski definition) is 0. The summed E-state index contributed by atoms with van der Waals surface area (Å²) in [5.41, 5.74) is 2.35. The fraction of sp³-hybridized carbons (Fsp3) is 1.00. The van der Waals surface area contributed by atoms with Crippen LogP contribution in [0, 0.1) is 0 Å². The maximum atomic E-state index is 2.31. The van der Waals surface area contributed by atoms with Crippen LogP contribution in [0.5, 0.6) is 0 Å². The van der Waals surface area contributed by atoms with Gasteiger partial charge in [-0.1, -0.05) is 36.9 Å². The lowest BCUT2D eigenvalue weighted by molar-refractivity contribution is 0.698. The molecule has 0 heterocycles. The molecule has 0 rings (SSSR count). The molecule has 0 amide bonds. The van der Waals surface area contributed by atoms with E-state index in [0.717, 1.165) is 0 Å². The van der Waals surface area contributed by atoms with Crippen LogP contribution in [0.4, 0.5) is 0 Å². The lowest BCUT2D eigenvalue weighted by Crippen LogP contribution is -2.02. The van der Waals surface area contributed by atoms with Crippen molar-refractivity contribution in [2.24, 2.45) is 0 Å². The van der Waals surface area contributed by atoms with Gasteiger partial charge >= 0.3 is 0 Å². The molecule has 0 aliphatic heterocycles. The Morgan fingerprint density at radius 3 is 2.11 bits per heavy atom. The molecule has 0 aliphatic carbocycles. The summed E-state index contributed by atoms with van der Waals surface area (Å²) in [5.74, 6) is 0. The normalized spacial score (nSPS) is 18.3. The summed E-state index contributed by atoms with van der Waals surface area (Å²) in [6.45, 7) is 2.31. The van der Waals surface area contributed by atoms with E-state index >= 15 is 0 Å². The molecule has 0 bridgehead atoms. The van der Waals surface area contributed by atoms with Gasteiger partial charge in [0.2, 0.25) is 0 Å². The van der Waals surface area contributed by atoms with Gasteiger partial charge in [0.15, 0.2) is 0 Å². The standard InChI is InChI=1S/C6H20Si3/c1-2-3-5(8)6(9)4-7/h5-6H,2-4H2,1,7-9H3. The molecule has 0 saturated heterocycles. The van der Waals surface area contributed by atoms with Crippen molar-refractivity contribution in [2.45, 2.75) is 36.9 Å². The molecule has 0 saturated carbocycles. The highest BCUT2D eigenvalue weighted by Crippen LogP contribution is 2.24. The van der Waals surface area contributed by atoms with Crippen LogP contribution in [0.2, 0.25) is 17.1 Å². The fourth-order valence-corrected chi connectivity index (χ4v) is 4.27. The van der Waals surface area contributed by atoms with Crippen molar-refractivity contribution in [1.82, 2.24) is 0 Å². The third-order valence-corrected chi connectivity index (χ3v) is 10.3. The Kier molecular flexibility index (Phi) is 5.83. The van der Waals surface area contributed by atoms with Crippen LogP contribution in [0.15, 0.2) is 0 Å². The number of rotatable bonds is 4. The van der Waals surface area contributed by atoms with Gasteiger partial charge in [0.25, 0.3) is 0 Å². The quantitative estimate of drug-likeness (QED) is 0.476. The van der Waals surface area contributed by atoms with Gasteiger partial charge in [-0.3, -0.25) is 0 Å². The molecule has 0 aliphatic rings. The van der Waals surface area contributed by atoms with Crippen LogP contribution in [0.3, 0.4) is 0 Å². The van der Waals surface area contributed by atoms with E-state index in [4.69, 9.17) is 0 Å². The van der Waals surface area contributed by atoms with E-state index in [2.05, 4.69) is 6.92 Å². The molecular formula is C6H20Si3. The van der Waals surface area contributed by atoms with Crippen molar-refractivity contribution >= 4 is 30.7 Å². The summed E-state index contributed by atoms with van der Waals surface area (Å²) in [7, 11) is 4.34. The van der Waals surface area contributed by atoms with Gasteiger partial charge < -0.3 is 0 Å². The predicted octanol–water partition coefficient (Wildman–Crippen LogP) is -1.12. The third-order valence-electron chi connectivity index (χ3n) is 2.36. The Bertz CT molecular complexity index is 65.3. The average molecular weight is 176 g/mol. The topological polar surface area (TPSA) is 0 Å². The largest absolute Gasteiger partial charge is 0.0662 e. The van der Waals surface area contributed by atoms with Gasteiger partial charge in [-0.05, 0) is 0 Å².